The van der Waals surface area contributed by atoms with Crippen LogP contribution < -0.4 is 10.8 Å². The molecule has 7 nitrogen and oxygen atoms in total. The Morgan fingerprint density at radius 2 is 1.88 bits per heavy atom. The largest absolute Gasteiger partial charge is 0.508 e. The van der Waals surface area contributed by atoms with Crippen LogP contribution in [0.2, 0.25) is 0 Å². The summed E-state index contributed by atoms with van der Waals surface area (Å²) in [6, 6.07) is 4.72. The first kappa shape index (κ1) is 13.7. The molecule has 0 bridgehead atoms. The van der Waals surface area contributed by atoms with Crippen molar-refractivity contribution in [2.45, 2.75) is 12.5 Å². The maximum absolute atomic E-state index is 11.0. The first-order chi connectivity index (χ1) is 7.78. The number of benzene rings is 1. The number of carbonyl (C=O) groups is 1. The van der Waals surface area contributed by atoms with Crippen LogP contribution in [0.25, 0.3) is 0 Å². The van der Waals surface area contributed by atoms with Gasteiger partial charge in [-0.15, -0.1) is 0 Å². The molecule has 8 heteroatoms. The predicted molar refractivity (Wildman–Crippen MR) is 60.0 cm³/mol. The minimum Gasteiger partial charge on any atom is -0.508 e. The van der Waals surface area contributed by atoms with Crippen LogP contribution in [-0.4, -0.2) is 26.8 Å². The third kappa shape index (κ3) is 4.97. The number of aromatic hydroxyl groups is 1. The molecule has 0 spiro atoms. The Hall–Kier alpha value is -1.40. The summed E-state index contributed by atoms with van der Waals surface area (Å²) in [5, 5.41) is 10.9. The molecule has 0 unspecified atom stereocenters. The van der Waals surface area contributed by atoms with Crippen LogP contribution in [0.3, 0.4) is 0 Å². The lowest BCUT2D eigenvalue weighted by atomic mass is 10.1. The number of primary amides is 1. The Morgan fingerprint density at radius 1 is 1.35 bits per heavy atom. The fourth-order valence-corrected chi connectivity index (χ4v) is 1.91. The molecule has 17 heavy (non-hydrogen) atoms. The first-order valence-corrected chi connectivity index (χ1v) is 6.30. The third-order valence-corrected chi connectivity index (χ3v) is 2.69. The van der Waals surface area contributed by atoms with Crippen LogP contribution in [0.1, 0.15) is 5.56 Å². The van der Waals surface area contributed by atoms with E-state index in [0.717, 1.165) is 0 Å². The quantitative estimate of drug-likeness (QED) is 0.452. The van der Waals surface area contributed by atoms with Gasteiger partial charge in [-0.05, 0) is 24.1 Å². The van der Waals surface area contributed by atoms with Crippen molar-refractivity contribution in [3.05, 3.63) is 29.8 Å². The van der Waals surface area contributed by atoms with E-state index in [1.54, 1.807) is 0 Å². The van der Waals surface area contributed by atoms with Crippen molar-refractivity contribution in [2.75, 3.05) is 0 Å². The molecule has 6 N–H and O–H groups in total. The monoisotopic (exact) mass is 260 g/mol. The third-order valence-electron chi connectivity index (χ3n) is 2.04. The summed E-state index contributed by atoms with van der Waals surface area (Å²) in [6.45, 7) is 0. The van der Waals surface area contributed by atoms with Crippen molar-refractivity contribution in [3.63, 3.8) is 0 Å². The van der Waals surface area contributed by atoms with Gasteiger partial charge in [-0.3, -0.25) is 4.79 Å². The first-order valence-electron chi connectivity index (χ1n) is 4.68. The van der Waals surface area contributed by atoms with E-state index in [0.29, 0.717) is 5.56 Å². The van der Waals surface area contributed by atoms with Gasteiger partial charge in [-0.25, -0.2) is 9.65 Å². The molecule has 1 amide bonds. The van der Waals surface area contributed by atoms with Gasteiger partial charge in [0.1, 0.15) is 11.8 Å². The molecule has 0 heterocycles. The molecule has 1 aromatic carbocycles. The van der Waals surface area contributed by atoms with Crippen LogP contribution >= 0.6 is 7.75 Å². The Balaban J connectivity index is 2.77. The number of rotatable bonds is 5. The van der Waals surface area contributed by atoms with Crippen LogP contribution in [-0.2, 0) is 15.8 Å². The zero-order chi connectivity index (χ0) is 13.1. The van der Waals surface area contributed by atoms with Crippen LogP contribution in [0.5, 0.6) is 5.75 Å². The lowest BCUT2D eigenvalue weighted by molar-refractivity contribution is -0.119. The highest BCUT2D eigenvalue weighted by atomic mass is 31.2. The summed E-state index contributed by atoms with van der Waals surface area (Å²) in [5.41, 5.74) is 5.65. The molecule has 0 aliphatic heterocycles. The van der Waals surface area contributed by atoms with Crippen molar-refractivity contribution < 1.29 is 24.3 Å². The smallest absolute Gasteiger partial charge is 0.401 e. The minimum atomic E-state index is -4.52. The van der Waals surface area contributed by atoms with Crippen molar-refractivity contribution in [1.29, 1.82) is 0 Å². The molecule has 1 atom stereocenters. The number of nitrogens with one attached hydrogen (secondary N) is 1. The summed E-state index contributed by atoms with van der Waals surface area (Å²) in [7, 11) is -4.52. The van der Waals surface area contributed by atoms with Gasteiger partial charge in [0.2, 0.25) is 5.91 Å². The highest BCUT2D eigenvalue weighted by molar-refractivity contribution is 7.49. The highest BCUT2D eigenvalue weighted by Gasteiger charge is 2.24. The van der Waals surface area contributed by atoms with E-state index < -0.39 is 19.7 Å². The Kier molecular flexibility index (Phi) is 4.25. The number of nitrogens with two attached hydrogens (primary N) is 1. The number of phenolic OH excluding ortho intramolecular Hbond substituents is 1. The molecule has 0 radical (unpaired) electrons. The number of amides is 1. The summed E-state index contributed by atoms with van der Waals surface area (Å²) in [4.78, 5) is 28.4. The van der Waals surface area contributed by atoms with Gasteiger partial charge >= 0.3 is 7.75 Å². The Bertz CT molecular complexity index is 441. The zero-order valence-corrected chi connectivity index (χ0v) is 9.67. The topological polar surface area (TPSA) is 133 Å². The van der Waals surface area contributed by atoms with E-state index in [-0.39, 0.29) is 12.2 Å². The highest BCUT2D eigenvalue weighted by Crippen LogP contribution is 2.29. The molecule has 0 saturated carbocycles. The second kappa shape index (κ2) is 5.29. The van der Waals surface area contributed by atoms with Gasteiger partial charge in [0, 0.05) is 0 Å². The molecule has 0 aliphatic carbocycles. The van der Waals surface area contributed by atoms with Gasteiger partial charge in [0.15, 0.2) is 0 Å². The number of phenols is 1. The molecular weight excluding hydrogens is 247 g/mol. The summed E-state index contributed by atoms with van der Waals surface area (Å²) >= 11 is 0. The molecular formula is C9H13N2O5P. The van der Waals surface area contributed by atoms with E-state index in [4.69, 9.17) is 20.6 Å². The van der Waals surface area contributed by atoms with Gasteiger partial charge in [-0.2, -0.15) is 0 Å². The lowest BCUT2D eigenvalue weighted by Gasteiger charge is -2.16. The van der Waals surface area contributed by atoms with Gasteiger partial charge in [0.25, 0.3) is 0 Å². The fraction of sp³-hybridized carbons (Fsp3) is 0.222. The standard InChI is InChI=1S/C9H13N2O5P/c10-9(13)8(11-17(14,15)16)5-6-1-3-7(12)4-2-6/h1-4,8,12H,5H2,(H2,10,13)(H3,11,14,15,16)/t8-/m0/s1. The van der Waals surface area contributed by atoms with Crippen molar-refractivity contribution >= 4 is 13.7 Å². The average molecular weight is 260 g/mol. The van der Waals surface area contributed by atoms with E-state index in [1.165, 1.54) is 24.3 Å². The fourth-order valence-electron chi connectivity index (χ4n) is 1.28. The zero-order valence-electron chi connectivity index (χ0n) is 8.78. The normalized spacial score (nSPS) is 13.3. The lowest BCUT2D eigenvalue weighted by Crippen LogP contribution is -2.41. The van der Waals surface area contributed by atoms with Crippen molar-refractivity contribution in [2.24, 2.45) is 5.73 Å². The number of hydrogen-bond donors (Lipinski definition) is 5. The van der Waals surface area contributed by atoms with E-state index in [9.17, 15) is 9.36 Å². The van der Waals surface area contributed by atoms with Crippen molar-refractivity contribution in [1.82, 2.24) is 5.09 Å². The molecule has 94 valence electrons. The average Bonchev–Trinajstić information content (AvgIpc) is 2.18. The van der Waals surface area contributed by atoms with Gasteiger partial charge in [0.05, 0.1) is 0 Å². The molecule has 0 saturated heterocycles. The summed E-state index contributed by atoms with van der Waals surface area (Å²) in [6.07, 6.45) is 0.0285. The summed E-state index contributed by atoms with van der Waals surface area (Å²) in [5.74, 6) is -0.797. The van der Waals surface area contributed by atoms with Crippen molar-refractivity contribution in [3.8, 4) is 5.75 Å². The maximum atomic E-state index is 11.0. The van der Waals surface area contributed by atoms with E-state index in [1.807, 2.05) is 5.09 Å². The number of carbonyl (C=O) groups excluding carboxylic acids is 1. The molecule has 0 fully saturated rings. The molecule has 1 rings (SSSR count). The predicted octanol–water partition coefficient (Wildman–Crippen LogP) is -0.529. The second-order valence-corrected chi connectivity index (χ2v) is 4.84. The minimum absolute atomic E-state index is 0.0285. The maximum Gasteiger partial charge on any atom is 0.401 e. The SMILES string of the molecule is NC(=O)[C@H](Cc1ccc(O)cc1)NP(=O)(O)O. The van der Waals surface area contributed by atoms with Gasteiger partial charge < -0.3 is 20.6 Å². The van der Waals surface area contributed by atoms with Crippen LogP contribution in [0, 0.1) is 0 Å². The number of hydrogen-bond acceptors (Lipinski definition) is 3. The molecule has 0 aliphatic rings. The Labute approximate surface area is 97.5 Å². The van der Waals surface area contributed by atoms with Gasteiger partial charge in [-0.1, -0.05) is 12.1 Å². The van der Waals surface area contributed by atoms with Crippen LogP contribution in [0.15, 0.2) is 24.3 Å². The molecule has 1 aromatic rings. The molecule has 0 aromatic heterocycles. The second-order valence-electron chi connectivity index (χ2n) is 3.50. The van der Waals surface area contributed by atoms with E-state index in [2.05, 4.69) is 0 Å². The summed E-state index contributed by atoms with van der Waals surface area (Å²) < 4.78 is 10.7. The van der Waals surface area contributed by atoms with E-state index >= 15 is 0 Å². The Morgan fingerprint density at radius 3 is 2.29 bits per heavy atom. The van der Waals surface area contributed by atoms with Crippen LogP contribution in [0.4, 0.5) is 0 Å².